The van der Waals surface area contributed by atoms with E-state index in [1.54, 1.807) is 6.26 Å². The summed E-state index contributed by atoms with van der Waals surface area (Å²) >= 11 is 0. The highest BCUT2D eigenvalue weighted by Crippen LogP contribution is 2.48. The predicted molar refractivity (Wildman–Crippen MR) is 65.8 cm³/mol. The Kier molecular flexibility index (Phi) is 2.61. The number of Topliss-reactive ketones (excluding diaryl/α,β-unsaturated/α-hetero) is 1. The molecule has 2 aliphatic rings. The van der Waals surface area contributed by atoms with E-state index in [0.29, 0.717) is 23.5 Å². The molecular weight excluding hydrogens is 212 g/mol. The van der Waals surface area contributed by atoms with Crippen molar-refractivity contribution in [2.24, 2.45) is 17.8 Å². The third-order valence-corrected chi connectivity index (χ3v) is 4.72. The molecule has 0 radical (unpaired) electrons. The zero-order chi connectivity index (χ0) is 12.0. The Bertz CT molecular complexity index is 430. The number of hydrogen-bond acceptors (Lipinski definition) is 2. The van der Waals surface area contributed by atoms with Gasteiger partial charge in [0.05, 0.1) is 12.2 Å². The highest BCUT2D eigenvalue weighted by atomic mass is 16.3. The third-order valence-electron chi connectivity index (χ3n) is 4.72. The average Bonchev–Trinajstić information content (AvgIpc) is 2.76. The molecule has 17 heavy (non-hydrogen) atoms. The molecule has 0 aliphatic heterocycles. The molecule has 3 rings (SSSR count). The van der Waals surface area contributed by atoms with Crippen LogP contribution in [0.1, 0.15) is 50.4 Å². The van der Waals surface area contributed by atoms with Crippen LogP contribution in [0.2, 0.25) is 0 Å². The van der Waals surface area contributed by atoms with Gasteiger partial charge in [0.15, 0.2) is 0 Å². The summed E-state index contributed by atoms with van der Waals surface area (Å²) in [5, 5.41) is 0. The topological polar surface area (TPSA) is 30.2 Å². The molecule has 0 bridgehead atoms. The Labute approximate surface area is 102 Å². The second-order valence-corrected chi connectivity index (χ2v) is 5.90. The molecule has 1 heterocycles. The predicted octanol–water partition coefficient (Wildman–Crippen LogP) is 3.56. The van der Waals surface area contributed by atoms with E-state index in [-0.39, 0.29) is 5.92 Å². The van der Waals surface area contributed by atoms with Crippen molar-refractivity contribution in [1.82, 2.24) is 0 Å². The van der Waals surface area contributed by atoms with Gasteiger partial charge in [-0.15, -0.1) is 0 Å². The van der Waals surface area contributed by atoms with Crippen LogP contribution in [0.4, 0.5) is 0 Å². The summed E-state index contributed by atoms with van der Waals surface area (Å²) in [5.41, 5.74) is 1.27. The fraction of sp³-hybridized carbons (Fsp3) is 0.667. The van der Waals surface area contributed by atoms with Gasteiger partial charge in [-0.3, -0.25) is 4.79 Å². The Morgan fingerprint density at radius 1 is 1.29 bits per heavy atom. The lowest BCUT2D eigenvalue weighted by Crippen LogP contribution is -2.38. The number of rotatable bonds is 1. The molecule has 92 valence electrons. The molecular formula is C15H20O2. The summed E-state index contributed by atoms with van der Waals surface area (Å²) < 4.78 is 5.60. The summed E-state index contributed by atoms with van der Waals surface area (Å²) in [7, 11) is 0. The maximum absolute atomic E-state index is 12.2. The van der Waals surface area contributed by atoms with Gasteiger partial charge in [-0.1, -0.05) is 13.8 Å². The van der Waals surface area contributed by atoms with Crippen LogP contribution in [0.3, 0.4) is 0 Å². The van der Waals surface area contributed by atoms with Crippen molar-refractivity contribution in [2.75, 3.05) is 0 Å². The maximum atomic E-state index is 12.2. The minimum Gasteiger partial charge on any atom is -0.468 e. The van der Waals surface area contributed by atoms with Gasteiger partial charge in [0.1, 0.15) is 11.5 Å². The highest BCUT2D eigenvalue weighted by Gasteiger charge is 2.44. The van der Waals surface area contributed by atoms with Crippen molar-refractivity contribution >= 4 is 5.78 Å². The fourth-order valence-corrected chi connectivity index (χ4v) is 3.86. The van der Waals surface area contributed by atoms with Gasteiger partial charge < -0.3 is 4.42 Å². The first kappa shape index (κ1) is 11.1. The first-order valence-electron chi connectivity index (χ1n) is 6.77. The maximum Gasteiger partial charge on any atom is 0.143 e. The van der Waals surface area contributed by atoms with E-state index >= 15 is 0 Å². The van der Waals surface area contributed by atoms with Crippen molar-refractivity contribution in [1.29, 1.82) is 0 Å². The molecule has 2 heteroatoms. The molecule has 3 atom stereocenters. The second kappa shape index (κ2) is 4.01. The number of furan rings is 1. The lowest BCUT2D eigenvalue weighted by atomic mass is 9.62. The van der Waals surface area contributed by atoms with Gasteiger partial charge in [0, 0.05) is 6.42 Å². The molecule has 0 saturated heterocycles. The number of aryl methyl sites for hydroxylation is 1. The highest BCUT2D eigenvalue weighted by molar-refractivity contribution is 5.87. The molecule has 2 nitrogen and oxygen atoms in total. The number of fused-ring (bicyclic) bond motifs is 3. The zero-order valence-corrected chi connectivity index (χ0v) is 10.6. The molecule has 0 unspecified atom stereocenters. The summed E-state index contributed by atoms with van der Waals surface area (Å²) in [5.74, 6) is 3.34. The minimum atomic E-state index is 0.0647. The standard InChI is InChI=1S/C15H20O2/c1-9(2)11-5-6-13(16)14-12(11)4-3-10-7-8-17-15(10)14/h7-9,11-12,14H,3-6H2,1-2H3/t11-,12-,14-/m0/s1. The number of ketones is 1. The monoisotopic (exact) mass is 232 g/mol. The minimum absolute atomic E-state index is 0.0647. The lowest BCUT2D eigenvalue weighted by molar-refractivity contribution is -0.126. The summed E-state index contributed by atoms with van der Waals surface area (Å²) in [6.07, 6.45) is 5.81. The number of carbonyl (C=O) groups is 1. The van der Waals surface area contributed by atoms with Crippen molar-refractivity contribution in [3.8, 4) is 0 Å². The lowest BCUT2D eigenvalue weighted by Gasteiger charge is -2.41. The van der Waals surface area contributed by atoms with Gasteiger partial charge in [-0.25, -0.2) is 0 Å². The average molecular weight is 232 g/mol. The number of carbonyl (C=O) groups excluding carboxylic acids is 1. The van der Waals surface area contributed by atoms with Crippen LogP contribution in [-0.2, 0) is 11.2 Å². The van der Waals surface area contributed by atoms with Crippen molar-refractivity contribution in [3.05, 3.63) is 23.7 Å². The van der Waals surface area contributed by atoms with Gasteiger partial charge in [-0.05, 0) is 48.6 Å². The van der Waals surface area contributed by atoms with E-state index in [9.17, 15) is 4.79 Å². The van der Waals surface area contributed by atoms with E-state index in [2.05, 4.69) is 13.8 Å². The van der Waals surface area contributed by atoms with Crippen LogP contribution in [0.25, 0.3) is 0 Å². The van der Waals surface area contributed by atoms with E-state index in [1.807, 2.05) is 6.07 Å². The Morgan fingerprint density at radius 2 is 2.12 bits per heavy atom. The van der Waals surface area contributed by atoms with E-state index in [1.165, 1.54) is 5.56 Å². The SMILES string of the molecule is CC(C)[C@@H]1CCC(=O)[C@H]2c3occc3CC[C@H]21. The van der Waals surface area contributed by atoms with Crippen molar-refractivity contribution < 1.29 is 9.21 Å². The smallest absolute Gasteiger partial charge is 0.143 e. The van der Waals surface area contributed by atoms with Crippen LogP contribution in [-0.4, -0.2) is 5.78 Å². The van der Waals surface area contributed by atoms with Gasteiger partial charge in [-0.2, -0.15) is 0 Å². The van der Waals surface area contributed by atoms with E-state index in [4.69, 9.17) is 4.42 Å². The Hall–Kier alpha value is -1.05. The molecule has 0 amide bonds. The first-order chi connectivity index (χ1) is 8.18. The van der Waals surface area contributed by atoms with Gasteiger partial charge in [0.2, 0.25) is 0 Å². The summed E-state index contributed by atoms with van der Waals surface area (Å²) in [6, 6.07) is 2.04. The Morgan fingerprint density at radius 3 is 2.88 bits per heavy atom. The molecule has 2 aliphatic carbocycles. The van der Waals surface area contributed by atoms with Crippen LogP contribution >= 0.6 is 0 Å². The van der Waals surface area contributed by atoms with E-state index < -0.39 is 0 Å². The molecule has 1 aromatic heterocycles. The number of hydrogen-bond donors (Lipinski definition) is 0. The van der Waals surface area contributed by atoms with Crippen LogP contribution < -0.4 is 0 Å². The molecule has 1 fully saturated rings. The van der Waals surface area contributed by atoms with Crippen LogP contribution in [0.5, 0.6) is 0 Å². The second-order valence-electron chi connectivity index (χ2n) is 5.90. The largest absolute Gasteiger partial charge is 0.468 e. The molecule has 1 saturated carbocycles. The molecule has 0 N–H and O–H groups in total. The normalized spacial score (nSPS) is 32.4. The van der Waals surface area contributed by atoms with E-state index in [0.717, 1.165) is 31.4 Å². The van der Waals surface area contributed by atoms with Crippen LogP contribution in [0.15, 0.2) is 16.7 Å². The van der Waals surface area contributed by atoms with Crippen molar-refractivity contribution in [3.63, 3.8) is 0 Å². The molecule has 1 aromatic rings. The quantitative estimate of drug-likeness (QED) is 0.741. The summed E-state index contributed by atoms with van der Waals surface area (Å²) in [6.45, 7) is 4.57. The summed E-state index contributed by atoms with van der Waals surface area (Å²) in [4.78, 5) is 12.2. The third kappa shape index (κ3) is 1.65. The van der Waals surface area contributed by atoms with Gasteiger partial charge >= 0.3 is 0 Å². The Balaban J connectivity index is 1.99. The van der Waals surface area contributed by atoms with Crippen molar-refractivity contribution in [2.45, 2.75) is 45.4 Å². The molecule has 0 spiro atoms. The van der Waals surface area contributed by atoms with Gasteiger partial charge in [0.25, 0.3) is 0 Å². The van der Waals surface area contributed by atoms with Crippen LogP contribution in [0, 0.1) is 17.8 Å². The zero-order valence-electron chi connectivity index (χ0n) is 10.6. The molecule has 0 aromatic carbocycles. The fourth-order valence-electron chi connectivity index (χ4n) is 3.86. The first-order valence-corrected chi connectivity index (χ1v) is 6.77.